The molecule has 0 amide bonds. The normalized spacial score (nSPS) is 13.6. The van der Waals surface area contributed by atoms with Gasteiger partial charge in [0.2, 0.25) is 0 Å². The fraction of sp³-hybridized carbons (Fsp3) is 0.267. The van der Waals surface area contributed by atoms with Crippen LogP contribution in [0.2, 0.25) is 0 Å². The topological polar surface area (TPSA) is 87.3 Å². The number of carbonyl (C=O) groups is 1. The minimum absolute atomic E-state index is 0.192. The van der Waals surface area contributed by atoms with Crippen molar-refractivity contribution in [3.63, 3.8) is 0 Å². The second kappa shape index (κ2) is 11.4. The Hall–Kier alpha value is -3.97. The monoisotopic (exact) mass is 501 g/mol. The first kappa shape index (κ1) is 26.1. The van der Waals surface area contributed by atoms with Gasteiger partial charge in [-0.2, -0.15) is 0 Å². The van der Waals surface area contributed by atoms with Crippen LogP contribution in [0.25, 0.3) is 27.7 Å². The Kier molecular flexibility index (Phi) is 8.04. The zero-order chi connectivity index (χ0) is 26.5. The zero-order valence-electron chi connectivity index (χ0n) is 21.3. The summed E-state index contributed by atoms with van der Waals surface area (Å²) < 4.78 is 21.7. The molecule has 5 rings (SSSR count). The SMILES string of the molecule is CC.CNc1cc2c(-c3ccc(C(=O)O)cc3)c(C3CCOCC3)n(-c3ccc(F)cc3)c2cc1C=N. The maximum Gasteiger partial charge on any atom is 0.335 e. The molecule has 1 saturated heterocycles. The molecule has 3 aromatic carbocycles. The Morgan fingerprint density at radius 2 is 1.73 bits per heavy atom. The third kappa shape index (κ3) is 5.00. The lowest BCUT2D eigenvalue weighted by Gasteiger charge is -2.26. The second-order valence-electron chi connectivity index (χ2n) is 8.69. The number of aromatic nitrogens is 1. The maximum absolute atomic E-state index is 13.9. The van der Waals surface area contributed by atoms with Crippen LogP contribution in [0.4, 0.5) is 10.1 Å². The van der Waals surface area contributed by atoms with Crippen molar-refractivity contribution in [3.8, 4) is 16.8 Å². The van der Waals surface area contributed by atoms with E-state index in [0.29, 0.717) is 13.2 Å². The number of rotatable bonds is 6. The van der Waals surface area contributed by atoms with Gasteiger partial charge in [-0.15, -0.1) is 0 Å². The Morgan fingerprint density at radius 1 is 1.08 bits per heavy atom. The molecule has 0 bridgehead atoms. The highest BCUT2D eigenvalue weighted by atomic mass is 19.1. The summed E-state index contributed by atoms with van der Waals surface area (Å²) in [6.45, 7) is 5.31. The number of anilines is 1. The van der Waals surface area contributed by atoms with E-state index in [2.05, 4.69) is 9.88 Å². The highest BCUT2D eigenvalue weighted by molar-refractivity contribution is 6.05. The van der Waals surface area contributed by atoms with E-state index in [0.717, 1.165) is 57.5 Å². The molecule has 1 aliphatic heterocycles. The van der Waals surface area contributed by atoms with Gasteiger partial charge in [0, 0.05) is 66.0 Å². The van der Waals surface area contributed by atoms with Crippen LogP contribution in [0, 0.1) is 11.2 Å². The number of hydrogen-bond donors (Lipinski definition) is 3. The molecule has 3 N–H and O–H groups in total. The van der Waals surface area contributed by atoms with Crippen molar-refractivity contribution >= 4 is 28.8 Å². The number of fused-ring (bicyclic) bond motifs is 1. The summed E-state index contributed by atoms with van der Waals surface area (Å²) in [6.07, 6.45) is 3.00. The van der Waals surface area contributed by atoms with E-state index in [1.54, 1.807) is 24.3 Å². The van der Waals surface area contributed by atoms with Crippen molar-refractivity contribution in [2.75, 3.05) is 25.6 Å². The predicted molar refractivity (Wildman–Crippen MR) is 147 cm³/mol. The van der Waals surface area contributed by atoms with Crippen LogP contribution in [-0.4, -0.2) is 42.1 Å². The van der Waals surface area contributed by atoms with Crippen LogP contribution in [0.5, 0.6) is 0 Å². The molecule has 0 radical (unpaired) electrons. The van der Waals surface area contributed by atoms with Crippen LogP contribution >= 0.6 is 0 Å². The highest BCUT2D eigenvalue weighted by Gasteiger charge is 2.28. The van der Waals surface area contributed by atoms with Crippen LogP contribution in [0.1, 0.15) is 54.2 Å². The number of carboxylic acids is 1. The third-order valence-electron chi connectivity index (χ3n) is 6.71. The van der Waals surface area contributed by atoms with E-state index in [1.807, 2.05) is 45.2 Å². The smallest absolute Gasteiger partial charge is 0.335 e. The molecule has 0 unspecified atom stereocenters. The number of aromatic carboxylic acids is 1. The van der Waals surface area contributed by atoms with Gasteiger partial charge in [0.25, 0.3) is 0 Å². The quantitative estimate of drug-likeness (QED) is 0.246. The van der Waals surface area contributed by atoms with E-state index in [4.69, 9.17) is 10.1 Å². The van der Waals surface area contributed by atoms with Gasteiger partial charge < -0.3 is 25.1 Å². The number of nitrogens with one attached hydrogen (secondary N) is 2. The number of benzene rings is 3. The zero-order valence-corrected chi connectivity index (χ0v) is 21.3. The van der Waals surface area contributed by atoms with Crippen LogP contribution < -0.4 is 5.32 Å². The van der Waals surface area contributed by atoms with Crippen molar-refractivity contribution in [1.29, 1.82) is 5.41 Å². The molecule has 1 aromatic heterocycles. The van der Waals surface area contributed by atoms with Crippen molar-refractivity contribution in [3.05, 3.63) is 83.3 Å². The van der Waals surface area contributed by atoms with E-state index in [-0.39, 0.29) is 17.3 Å². The molecule has 1 aliphatic rings. The number of nitrogens with zero attached hydrogens (tertiary/aromatic N) is 1. The summed E-state index contributed by atoms with van der Waals surface area (Å²) in [5, 5.41) is 21.5. The first-order valence-corrected chi connectivity index (χ1v) is 12.6. The minimum atomic E-state index is -0.969. The Morgan fingerprint density at radius 3 is 2.30 bits per heavy atom. The highest BCUT2D eigenvalue weighted by Crippen LogP contribution is 2.44. The fourth-order valence-corrected chi connectivity index (χ4v) is 5.01. The van der Waals surface area contributed by atoms with Gasteiger partial charge in [0.15, 0.2) is 0 Å². The van der Waals surface area contributed by atoms with Crippen LogP contribution in [0.3, 0.4) is 0 Å². The number of carboxylic acid groups (broad SMARTS) is 1. The van der Waals surface area contributed by atoms with E-state index in [9.17, 15) is 14.3 Å². The number of hydrogen-bond acceptors (Lipinski definition) is 4. The molecular formula is C30H32FN3O3. The average molecular weight is 502 g/mol. The molecule has 0 atom stereocenters. The lowest BCUT2D eigenvalue weighted by molar-refractivity contribution is 0.0697. The van der Waals surface area contributed by atoms with Crippen molar-refractivity contribution in [1.82, 2.24) is 4.57 Å². The Bertz CT molecular complexity index is 1400. The molecule has 0 saturated carbocycles. The maximum atomic E-state index is 13.9. The minimum Gasteiger partial charge on any atom is -0.478 e. The van der Waals surface area contributed by atoms with Gasteiger partial charge in [0.05, 0.1) is 11.1 Å². The summed E-state index contributed by atoms with van der Waals surface area (Å²) in [7, 11) is 1.83. The molecular weight excluding hydrogens is 469 g/mol. The lowest BCUT2D eigenvalue weighted by atomic mass is 9.89. The molecule has 4 aromatic rings. The molecule has 6 nitrogen and oxygen atoms in total. The number of ether oxygens (including phenoxy) is 1. The van der Waals surface area contributed by atoms with Gasteiger partial charge in [-0.3, -0.25) is 0 Å². The molecule has 0 aliphatic carbocycles. The molecule has 37 heavy (non-hydrogen) atoms. The summed E-state index contributed by atoms with van der Waals surface area (Å²) in [5.41, 5.74) is 6.55. The molecule has 192 valence electrons. The third-order valence-corrected chi connectivity index (χ3v) is 6.71. The fourth-order valence-electron chi connectivity index (χ4n) is 5.01. The molecule has 7 heteroatoms. The van der Waals surface area contributed by atoms with Crippen LogP contribution in [-0.2, 0) is 4.74 Å². The lowest BCUT2D eigenvalue weighted by Crippen LogP contribution is -2.17. The van der Waals surface area contributed by atoms with Gasteiger partial charge in [-0.1, -0.05) is 26.0 Å². The Labute approximate surface area is 216 Å². The second-order valence-corrected chi connectivity index (χ2v) is 8.69. The van der Waals surface area contributed by atoms with Gasteiger partial charge in [0.1, 0.15) is 5.82 Å². The summed E-state index contributed by atoms with van der Waals surface area (Å²) in [4.78, 5) is 11.5. The predicted octanol–water partition coefficient (Wildman–Crippen LogP) is 7.09. The van der Waals surface area contributed by atoms with E-state index in [1.165, 1.54) is 18.3 Å². The van der Waals surface area contributed by atoms with Crippen molar-refractivity contribution < 1.29 is 19.0 Å². The Balaban J connectivity index is 0.00000156. The summed E-state index contributed by atoms with van der Waals surface area (Å²) in [6, 6.07) is 17.4. The largest absolute Gasteiger partial charge is 0.478 e. The van der Waals surface area contributed by atoms with Gasteiger partial charge >= 0.3 is 5.97 Å². The van der Waals surface area contributed by atoms with Gasteiger partial charge in [-0.25, -0.2) is 9.18 Å². The molecule has 1 fully saturated rings. The van der Waals surface area contributed by atoms with E-state index >= 15 is 0 Å². The summed E-state index contributed by atoms with van der Waals surface area (Å²) in [5.74, 6) is -1.08. The van der Waals surface area contributed by atoms with Crippen LogP contribution in [0.15, 0.2) is 60.7 Å². The first-order valence-electron chi connectivity index (χ1n) is 12.6. The van der Waals surface area contributed by atoms with E-state index < -0.39 is 5.97 Å². The van der Waals surface area contributed by atoms with Crippen molar-refractivity contribution in [2.45, 2.75) is 32.6 Å². The van der Waals surface area contributed by atoms with Crippen molar-refractivity contribution in [2.24, 2.45) is 0 Å². The number of halogens is 1. The van der Waals surface area contributed by atoms with Gasteiger partial charge in [-0.05, 0) is 66.9 Å². The summed E-state index contributed by atoms with van der Waals surface area (Å²) >= 11 is 0. The molecule has 0 spiro atoms. The first-order chi connectivity index (χ1) is 18.0. The average Bonchev–Trinajstić information content (AvgIpc) is 3.28. The standard InChI is InChI=1S/C28H26FN3O3.C2H6/c1-31-24-15-23-25(14-20(24)16-30)32(22-8-6-21(29)7-9-22)27(18-10-12-35-13-11-18)26(23)17-2-4-19(5-3-17)28(33)34;1-2/h2-9,14-16,18,30-31H,10-13H2,1H3,(H,33,34);1-2H3. The molecule has 2 heterocycles.